The molecule has 0 bridgehead atoms. The summed E-state index contributed by atoms with van der Waals surface area (Å²) in [5.41, 5.74) is 0.733. The average molecular weight is 356 g/mol. The van der Waals surface area contributed by atoms with Crippen LogP contribution in [0.3, 0.4) is 0 Å². The van der Waals surface area contributed by atoms with Gasteiger partial charge in [-0.3, -0.25) is 24.5 Å². The second-order valence-corrected chi connectivity index (χ2v) is 5.71. The van der Waals surface area contributed by atoms with Crippen LogP contribution in [0.4, 0.5) is 10.5 Å². The second-order valence-electron chi connectivity index (χ2n) is 5.71. The van der Waals surface area contributed by atoms with E-state index in [4.69, 9.17) is 4.74 Å². The predicted molar refractivity (Wildman–Crippen MR) is 92.8 cm³/mol. The van der Waals surface area contributed by atoms with E-state index in [0.717, 1.165) is 0 Å². The maximum atomic E-state index is 12.4. The predicted octanol–water partition coefficient (Wildman–Crippen LogP) is 2.21. The minimum atomic E-state index is -0.580. The molecule has 0 saturated carbocycles. The summed E-state index contributed by atoms with van der Waals surface area (Å²) in [6, 6.07) is 5.27. The first-order chi connectivity index (χ1) is 12.5. The van der Waals surface area contributed by atoms with Gasteiger partial charge in [-0.15, -0.1) is 0 Å². The van der Waals surface area contributed by atoms with Crippen molar-refractivity contribution in [3.8, 4) is 5.75 Å². The van der Waals surface area contributed by atoms with Crippen molar-refractivity contribution in [1.29, 1.82) is 0 Å². The highest BCUT2D eigenvalue weighted by molar-refractivity contribution is 5.73. The highest BCUT2D eigenvalue weighted by atomic mass is 16.6. The van der Waals surface area contributed by atoms with E-state index in [0.29, 0.717) is 24.4 Å². The summed E-state index contributed by atoms with van der Waals surface area (Å²) >= 11 is 0. The molecule has 3 rings (SSSR count). The lowest BCUT2D eigenvalue weighted by Gasteiger charge is -2.27. The normalized spacial score (nSPS) is 13.9. The van der Waals surface area contributed by atoms with E-state index in [1.54, 1.807) is 13.1 Å². The van der Waals surface area contributed by atoms with Crippen LogP contribution in [0.2, 0.25) is 0 Å². The lowest BCUT2D eigenvalue weighted by atomic mass is 10.2. The third-order valence-corrected chi connectivity index (χ3v) is 3.96. The van der Waals surface area contributed by atoms with Gasteiger partial charge in [0.05, 0.1) is 11.5 Å². The Balaban J connectivity index is 1.71. The van der Waals surface area contributed by atoms with Crippen molar-refractivity contribution >= 4 is 17.5 Å². The number of nitro groups is 1. The Morgan fingerprint density at radius 1 is 1.31 bits per heavy atom. The summed E-state index contributed by atoms with van der Waals surface area (Å²) in [7, 11) is 0. The molecule has 0 fully saturated rings. The Morgan fingerprint density at radius 3 is 2.73 bits per heavy atom. The Labute approximate surface area is 148 Å². The Kier molecular flexibility index (Phi) is 4.78. The lowest BCUT2D eigenvalue weighted by Crippen LogP contribution is -2.39. The molecule has 0 spiro atoms. The van der Waals surface area contributed by atoms with Crippen LogP contribution in [-0.4, -0.2) is 38.6 Å². The largest absolute Gasteiger partial charge is 0.415 e. The maximum Gasteiger partial charge on any atom is 0.415 e. The molecule has 0 unspecified atom stereocenters. The highest BCUT2D eigenvalue weighted by Crippen LogP contribution is 2.19. The summed E-state index contributed by atoms with van der Waals surface area (Å²) in [4.78, 5) is 40.1. The molecule has 0 aliphatic carbocycles. The molecule has 1 aliphatic heterocycles. The Bertz CT molecular complexity index is 933. The first-order valence-electron chi connectivity index (χ1n) is 7.90. The zero-order valence-electron chi connectivity index (χ0n) is 14.0. The van der Waals surface area contributed by atoms with Crippen molar-refractivity contribution in [3.63, 3.8) is 0 Å². The highest BCUT2D eigenvalue weighted by Gasteiger charge is 2.22. The van der Waals surface area contributed by atoms with E-state index >= 15 is 0 Å². The third kappa shape index (κ3) is 3.61. The molecule has 26 heavy (non-hydrogen) atoms. The maximum absolute atomic E-state index is 12.4. The van der Waals surface area contributed by atoms with Crippen molar-refractivity contribution in [1.82, 2.24) is 14.5 Å². The number of rotatable bonds is 3. The lowest BCUT2D eigenvalue weighted by molar-refractivity contribution is -0.384. The van der Waals surface area contributed by atoms with Crippen LogP contribution in [0, 0.1) is 17.0 Å². The Morgan fingerprint density at radius 2 is 2.04 bits per heavy atom. The Hall–Kier alpha value is -3.49. The third-order valence-electron chi connectivity index (χ3n) is 3.96. The first kappa shape index (κ1) is 17.3. The zero-order chi connectivity index (χ0) is 18.7. The number of non-ortho nitro benzene ring substituents is 1. The van der Waals surface area contributed by atoms with Crippen molar-refractivity contribution < 1.29 is 14.5 Å². The fraction of sp³-hybridized carbons (Fsp3) is 0.235. The number of aryl methyl sites for hydroxylation is 1. The number of carbonyl (C=O) groups is 1. The second kappa shape index (κ2) is 7.18. The van der Waals surface area contributed by atoms with Crippen LogP contribution >= 0.6 is 0 Å². The van der Waals surface area contributed by atoms with Crippen LogP contribution in [0.1, 0.15) is 12.1 Å². The van der Waals surface area contributed by atoms with Gasteiger partial charge in [0.25, 0.3) is 11.2 Å². The molecule has 1 amide bonds. The van der Waals surface area contributed by atoms with Gasteiger partial charge in [0, 0.05) is 36.8 Å². The van der Waals surface area contributed by atoms with Gasteiger partial charge in [0.1, 0.15) is 11.4 Å². The molecule has 1 aliphatic rings. The molecule has 2 aromatic rings. The van der Waals surface area contributed by atoms with E-state index in [2.05, 4.69) is 4.98 Å². The fourth-order valence-electron chi connectivity index (χ4n) is 2.59. The van der Waals surface area contributed by atoms with Crippen LogP contribution in [-0.2, 0) is 0 Å². The van der Waals surface area contributed by atoms with Gasteiger partial charge in [0.2, 0.25) is 0 Å². The van der Waals surface area contributed by atoms with Gasteiger partial charge in [-0.1, -0.05) is 6.08 Å². The number of hydrogen-bond acceptors (Lipinski definition) is 6. The van der Waals surface area contributed by atoms with E-state index in [1.165, 1.54) is 39.9 Å². The smallest absolute Gasteiger partial charge is 0.410 e. The van der Waals surface area contributed by atoms with Crippen LogP contribution in [0.15, 0.2) is 47.5 Å². The topological polar surface area (TPSA) is 108 Å². The number of ether oxygens (including phenoxy) is 1. The van der Waals surface area contributed by atoms with Gasteiger partial charge in [-0.2, -0.15) is 0 Å². The van der Waals surface area contributed by atoms with Crippen molar-refractivity contribution in [2.24, 2.45) is 0 Å². The number of amides is 1. The van der Waals surface area contributed by atoms with E-state index < -0.39 is 11.0 Å². The van der Waals surface area contributed by atoms with Crippen molar-refractivity contribution in [2.75, 3.05) is 13.1 Å². The molecule has 2 heterocycles. The summed E-state index contributed by atoms with van der Waals surface area (Å²) in [6.45, 7) is 2.30. The molecular formula is C17H16N4O5. The van der Waals surface area contributed by atoms with Crippen LogP contribution < -0.4 is 10.3 Å². The number of carbonyl (C=O) groups excluding carboxylic acids is 1. The van der Waals surface area contributed by atoms with Gasteiger partial charge in [-0.25, -0.2) is 4.79 Å². The standard InChI is InChI=1S/C17H16N4O5/c1-12-16(22)20(10-8-18-12)14-3-2-9-19(11-14)17(23)26-15-6-4-13(5-7-15)21(24)25/h3-8,10H,2,9,11H2,1H3. The van der Waals surface area contributed by atoms with Crippen LogP contribution in [0.25, 0.3) is 5.70 Å². The van der Waals surface area contributed by atoms with E-state index in [9.17, 15) is 19.7 Å². The molecule has 0 radical (unpaired) electrons. The fourth-order valence-corrected chi connectivity index (χ4v) is 2.59. The summed E-state index contributed by atoms with van der Waals surface area (Å²) in [5.74, 6) is 0.216. The number of aromatic nitrogens is 2. The molecule has 9 heteroatoms. The number of nitro benzene ring substituents is 1. The number of nitrogens with zero attached hydrogens (tertiary/aromatic N) is 4. The van der Waals surface area contributed by atoms with Gasteiger partial charge < -0.3 is 9.64 Å². The van der Waals surface area contributed by atoms with E-state index in [-0.39, 0.29) is 23.5 Å². The molecule has 0 saturated heterocycles. The van der Waals surface area contributed by atoms with Gasteiger partial charge >= 0.3 is 6.09 Å². The SMILES string of the molecule is Cc1nccn(C2=CCCN(C(=O)Oc3ccc([N+](=O)[O-])cc3)C2)c1=O. The molecule has 134 valence electrons. The number of benzene rings is 1. The first-order valence-corrected chi connectivity index (χ1v) is 7.90. The minimum absolute atomic E-state index is 0.0829. The molecule has 9 nitrogen and oxygen atoms in total. The molecule has 1 aromatic carbocycles. The molecule has 1 aromatic heterocycles. The zero-order valence-corrected chi connectivity index (χ0v) is 14.0. The molecule has 0 N–H and O–H groups in total. The quantitative estimate of drug-likeness (QED) is 0.616. The monoisotopic (exact) mass is 356 g/mol. The summed E-state index contributed by atoms with van der Waals surface area (Å²) in [5, 5.41) is 10.7. The van der Waals surface area contributed by atoms with Gasteiger partial charge in [-0.05, 0) is 25.5 Å². The number of hydrogen-bond donors (Lipinski definition) is 0. The average Bonchev–Trinajstić information content (AvgIpc) is 2.64. The van der Waals surface area contributed by atoms with Crippen molar-refractivity contribution in [3.05, 3.63) is 68.9 Å². The minimum Gasteiger partial charge on any atom is -0.410 e. The van der Waals surface area contributed by atoms with E-state index in [1.807, 2.05) is 6.08 Å². The summed E-state index contributed by atoms with van der Waals surface area (Å²) < 4.78 is 6.73. The summed E-state index contributed by atoms with van der Waals surface area (Å²) in [6.07, 6.45) is 5.00. The molecule has 0 atom stereocenters. The molecular weight excluding hydrogens is 340 g/mol. The van der Waals surface area contributed by atoms with Crippen LogP contribution in [0.5, 0.6) is 5.75 Å². The van der Waals surface area contributed by atoms with Crippen molar-refractivity contribution in [2.45, 2.75) is 13.3 Å². The van der Waals surface area contributed by atoms with Gasteiger partial charge in [0.15, 0.2) is 0 Å².